The molecule has 0 radical (unpaired) electrons. The highest BCUT2D eigenvalue weighted by molar-refractivity contribution is 14.1. The van der Waals surface area contributed by atoms with E-state index in [1.54, 1.807) is 43.5 Å². The molecule has 3 aromatic carbocycles. The van der Waals surface area contributed by atoms with E-state index in [0.29, 0.717) is 51.8 Å². The van der Waals surface area contributed by atoms with Gasteiger partial charge in [0, 0.05) is 5.70 Å². The predicted molar refractivity (Wildman–Crippen MR) is 179 cm³/mol. The lowest BCUT2D eigenvalue weighted by molar-refractivity contribution is -0.136. The smallest absolute Gasteiger partial charge is 0.337 e. The summed E-state index contributed by atoms with van der Waals surface area (Å²) in [6.07, 6.45) is 0.430. The number of hydrazone groups is 1. The van der Waals surface area contributed by atoms with Gasteiger partial charge in [-0.3, -0.25) is 5.43 Å². The Balaban J connectivity index is 1.34. The first-order valence-corrected chi connectivity index (χ1v) is 15.5. The summed E-state index contributed by atoms with van der Waals surface area (Å²) >= 11 is 14.2. The Hall–Kier alpha value is -3.72. The second-order valence-corrected chi connectivity index (χ2v) is 11.6. The Morgan fingerprint density at radius 3 is 2.56 bits per heavy atom. The fourth-order valence-electron chi connectivity index (χ4n) is 4.32. The Bertz CT molecular complexity index is 1620. The van der Waals surface area contributed by atoms with Gasteiger partial charge in [-0.1, -0.05) is 35.3 Å². The van der Waals surface area contributed by atoms with E-state index in [-0.39, 0.29) is 12.2 Å². The minimum atomic E-state index is -1.14. The molecule has 11 nitrogen and oxygen atoms in total. The standard InChI is InChI=1S/C31H31Cl2IN4O7/c1-4-43-26-13-20(29-28(30(40)42-3)17(2)36-31(41)37-29)7-10-25(26)45-16-27(39)38-35-14-18-6-9-24(23(34)12-18)44-15-19-5-8-21(32)22(33)11-19/h5-14,27,29,38-39H,4,15-16H2,1-3H3,(H2,36,37,41)/b35-14-/t27-,29-/m0/s1. The third kappa shape index (κ3) is 9.16. The van der Waals surface area contributed by atoms with Crippen LogP contribution in [0, 0.1) is 3.57 Å². The van der Waals surface area contributed by atoms with E-state index in [1.165, 1.54) is 7.11 Å². The number of ether oxygens (including phenoxy) is 4. The molecule has 0 fully saturated rings. The van der Waals surface area contributed by atoms with Crippen LogP contribution in [-0.4, -0.2) is 49.9 Å². The first kappa shape index (κ1) is 34.2. The summed E-state index contributed by atoms with van der Waals surface area (Å²) in [5.74, 6) is 0.858. The number of hydrogen-bond acceptors (Lipinski definition) is 9. The predicted octanol–water partition coefficient (Wildman–Crippen LogP) is 5.70. The number of esters is 1. The van der Waals surface area contributed by atoms with Crippen molar-refractivity contribution in [3.05, 3.63) is 96.2 Å². The molecule has 4 N–H and O–H groups in total. The van der Waals surface area contributed by atoms with Gasteiger partial charge >= 0.3 is 12.0 Å². The van der Waals surface area contributed by atoms with E-state index >= 15 is 0 Å². The average molecular weight is 769 g/mol. The number of amides is 2. The number of carbonyl (C=O) groups excluding carboxylic acids is 2. The molecule has 0 saturated carbocycles. The fourth-order valence-corrected chi connectivity index (χ4v) is 5.34. The van der Waals surface area contributed by atoms with Crippen LogP contribution in [0.4, 0.5) is 4.79 Å². The molecule has 1 aliphatic heterocycles. The lowest BCUT2D eigenvalue weighted by Crippen LogP contribution is -2.45. The van der Waals surface area contributed by atoms with Crippen molar-refractivity contribution in [1.29, 1.82) is 0 Å². The summed E-state index contributed by atoms with van der Waals surface area (Å²) in [5.41, 5.74) is 5.56. The van der Waals surface area contributed by atoms with Crippen molar-refractivity contribution in [3.63, 3.8) is 0 Å². The van der Waals surface area contributed by atoms with Crippen LogP contribution in [0.25, 0.3) is 0 Å². The summed E-state index contributed by atoms with van der Waals surface area (Å²) in [7, 11) is 1.27. The monoisotopic (exact) mass is 768 g/mol. The quantitative estimate of drug-likeness (QED) is 0.0572. The van der Waals surface area contributed by atoms with Crippen LogP contribution in [0.3, 0.4) is 0 Å². The van der Waals surface area contributed by atoms with Gasteiger partial charge in [0.15, 0.2) is 17.7 Å². The van der Waals surface area contributed by atoms with Crippen molar-refractivity contribution >= 4 is 64.0 Å². The van der Waals surface area contributed by atoms with E-state index in [9.17, 15) is 14.7 Å². The number of methoxy groups -OCH3 is 1. The first-order chi connectivity index (χ1) is 21.6. The number of allylic oxidation sites excluding steroid dienone is 1. The SMILES string of the molecule is CCOc1cc([C@@H]2NC(=O)NC(C)=C2C(=O)OC)ccc1OC[C@H](O)N/N=C\c1ccc(OCc2ccc(Cl)c(Cl)c2)c(I)c1. The third-order valence-electron chi connectivity index (χ3n) is 6.44. The molecular weight excluding hydrogens is 738 g/mol. The van der Waals surface area contributed by atoms with Crippen molar-refractivity contribution in [2.24, 2.45) is 5.10 Å². The number of nitrogens with zero attached hydrogens (tertiary/aromatic N) is 1. The van der Waals surface area contributed by atoms with Gasteiger partial charge in [-0.2, -0.15) is 5.10 Å². The van der Waals surface area contributed by atoms with Crippen LogP contribution >= 0.6 is 45.8 Å². The summed E-state index contributed by atoms with van der Waals surface area (Å²) in [5, 5.41) is 20.8. The molecule has 238 valence electrons. The summed E-state index contributed by atoms with van der Waals surface area (Å²) in [6.45, 7) is 3.96. The van der Waals surface area contributed by atoms with Crippen LogP contribution in [0.1, 0.15) is 36.6 Å². The molecular formula is C31H31Cl2IN4O7. The van der Waals surface area contributed by atoms with E-state index < -0.39 is 24.3 Å². The van der Waals surface area contributed by atoms with Gasteiger partial charge in [0.2, 0.25) is 0 Å². The molecule has 0 bridgehead atoms. The van der Waals surface area contributed by atoms with Gasteiger partial charge in [0.1, 0.15) is 19.0 Å². The molecule has 0 spiro atoms. The first-order valence-electron chi connectivity index (χ1n) is 13.7. The summed E-state index contributed by atoms with van der Waals surface area (Å²) in [4.78, 5) is 24.6. The van der Waals surface area contributed by atoms with Gasteiger partial charge in [-0.05, 0) is 95.6 Å². The molecule has 0 aromatic heterocycles. The van der Waals surface area contributed by atoms with Crippen molar-refractivity contribution in [3.8, 4) is 17.2 Å². The largest absolute Gasteiger partial charge is 0.490 e. The maximum Gasteiger partial charge on any atom is 0.337 e. The molecule has 45 heavy (non-hydrogen) atoms. The van der Waals surface area contributed by atoms with Crippen LogP contribution in [-0.2, 0) is 16.1 Å². The molecule has 4 rings (SSSR count). The Morgan fingerprint density at radius 1 is 1.07 bits per heavy atom. The molecule has 3 aromatic rings. The molecule has 1 heterocycles. The van der Waals surface area contributed by atoms with E-state index in [0.717, 1.165) is 14.7 Å². The van der Waals surface area contributed by atoms with Gasteiger partial charge < -0.3 is 34.7 Å². The van der Waals surface area contributed by atoms with Gasteiger partial charge in [0.25, 0.3) is 0 Å². The zero-order valence-corrected chi connectivity index (χ0v) is 28.2. The highest BCUT2D eigenvalue weighted by Gasteiger charge is 2.32. The van der Waals surface area contributed by atoms with Crippen LogP contribution in [0.2, 0.25) is 10.0 Å². The number of aliphatic hydroxyl groups excluding tert-OH is 1. The van der Waals surface area contributed by atoms with E-state index in [1.807, 2.05) is 31.2 Å². The lowest BCUT2D eigenvalue weighted by atomic mass is 9.95. The maximum atomic E-state index is 12.4. The number of hydrogen-bond donors (Lipinski definition) is 4. The minimum Gasteiger partial charge on any atom is -0.490 e. The van der Waals surface area contributed by atoms with Crippen molar-refractivity contribution in [2.45, 2.75) is 32.7 Å². The number of urea groups is 1. The van der Waals surface area contributed by atoms with Crippen molar-refractivity contribution < 1.29 is 33.6 Å². The topological polar surface area (TPSA) is 140 Å². The second kappa shape index (κ2) is 16.0. The van der Waals surface area contributed by atoms with Crippen LogP contribution in [0.15, 0.2) is 71.0 Å². The number of carbonyl (C=O) groups is 2. The lowest BCUT2D eigenvalue weighted by Gasteiger charge is -2.28. The molecule has 0 saturated heterocycles. The Morgan fingerprint density at radius 2 is 1.84 bits per heavy atom. The van der Waals surface area contributed by atoms with Crippen LogP contribution in [0.5, 0.6) is 17.2 Å². The molecule has 0 aliphatic carbocycles. The Kier molecular flexibility index (Phi) is 12.2. The number of halogens is 3. The average Bonchev–Trinajstić information content (AvgIpc) is 3.01. The number of benzene rings is 3. The highest BCUT2D eigenvalue weighted by atomic mass is 127. The van der Waals surface area contributed by atoms with E-state index in [2.05, 4.69) is 43.8 Å². The summed E-state index contributed by atoms with van der Waals surface area (Å²) in [6, 6.07) is 14.7. The van der Waals surface area contributed by atoms with Crippen molar-refractivity contribution in [1.82, 2.24) is 16.1 Å². The molecule has 2 atom stereocenters. The molecule has 14 heteroatoms. The molecule has 2 amide bonds. The van der Waals surface area contributed by atoms with Crippen molar-refractivity contribution in [2.75, 3.05) is 20.3 Å². The number of rotatable bonds is 13. The maximum absolute atomic E-state index is 12.4. The zero-order valence-electron chi connectivity index (χ0n) is 24.5. The third-order valence-corrected chi connectivity index (χ3v) is 8.03. The van der Waals surface area contributed by atoms with Gasteiger partial charge in [-0.15, -0.1) is 0 Å². The highest BCUT2D eigenvalue weighted by Crippen LogP contribution is 2.35. The van der Waals surface area contributed by atoms with Gasteiger partial charge in [-0.25, -0.2) is 9.59 Å². The second-order valence-electron chi connectivity index (χ2n) is 9.64. The summed E-state index contributed by atoms with van der Waals surface area (Å²) < 4.78 is 23.2. The number of aliphatic hydroxyl groups is 1. The molecule has 1 aliphatic rings. The normalized spacial score (nSPS) is 15.3. The minimum absolute atomic E-state index is 0.147. The fraction of sp³-hybridized carbons (Fsp3) is 0.258. The van der Waals surface area contributed by atoms with E-state index in [4.69, 9.17) is 42.1 Å². The number of nitrogens with one attached hydrogen (secondary N) is 3. The van der Waals surface area contributed by atoms with Crippen LogP contribution < -0.4 is 30.3 Å². The van der Waals surface area contributed by atoms with Gasteiger partial charge in [0.05, 0.1) is 45.2 Å². The zero-order chi connectivity index (χ0) is 32.5. The Labute approximate surface area is 284 Å². The molecule has 0 unspecified atom stereocenters.